The van der Waals surface area contributed by atoms with Crippen molar-refractivity contribution < 1.29 is 18.8 Å². The smallest absolute Gasteiger partial charge is 0.170 e. The van der Waals surface area contributed by atoms with Gasteiger partial charge in [-0.05, 0) is 54.8 Å². The summed E-state index contributed by atoms with van der Waals surface area (Å²) in [5.41, 5.74) is 2.48. The maximum Gasteiger partial charge on any atom is 0.170 e. The highest BCUT2D eigenvalue weighted by atomic mass is 19.1. The fourth-order valence-electron chi connectivity index (χ4n) is 4.71. The van der Waals surface area contributed by atoms with Crippen molar-refractivity contribution in [1.29, 1.82) is 5.26 Å². The molecule has 1 aliphatic rings. The molecule has 0 saturated carbocycles. The van der Waals surface area contributed by atoms with Gasteiger partial charge in [0.15, 0.2) is 5.58 Å². The lowest BCUT2D eigenvalue weighted by Gasteiger charge is -2.38. The normalized spacial score (nSPS) is 16.6. The highest BCUT2D eigenvalue weighted by Gasteiger charge is 2.36. The van der Waals surface area contributed by atoms with Gasteiger partial charge in [0, 0.05) is 36.7 Å². The maximum absolute atomic E-state index is 13.4. The second-order valence-corrected chi connectivity index (χ2v) is 9.02. The lowest BCUT2D eigenvalue weighted by atomic mass is 9.74. The zero-order valence-corrected chi connectivity index (χ0v) is 19.2. The zero-order valence-electron chi connectivity index (χ0n) is 19.2. The molecule has 5 rings (SSSR count). The van der Waals surface area contributed by atoms with Crippen LogP contribution in [0.1, 0.15) is 18.4 Å². The molecule has 35 heavy (non-hydrogen) atoms. The van der Waals surface area contributed by atoms with Crippen LogP contribution in [0.15, 0.2) is 77.3 Å². The van der Waals surface area contributed by atoms with Crippen LogP contribution in [0.5, 0.6) is 5.75 Å². The van der Waals surface area contributed by atoms with E-state index in [9.17, 15) is 14.8 Å². The summed E-state index contributed by atoms with van der Waals surface area (Å²) in [5, 5.41) is 25.2. The highest BCUT2D eigenvalue weighted by molar-refractivity contribution is 5.91. The number of hydrogen-bond acceptors (Lipinski definition) is 6. The summed E-state index contributed by atoms with van der Waals surface area (Å²) in [6.45, 7) is 2.17. The molecular weight excluding hydrogens is 445 g/mol. The first-order valence-corrected chi connectivity index (χ1v) is 11.7. The standard InChI is InChI=1S/C28H26FN3O3/c29-22-8-11-25-26(16-22)35-31-27(25)20-6-9-24(10-7-20)34-18-23(33)17-32-14-12-28(19-30,13-15-32)21-4-2-1-3-5-21/h1-11,16,23,33H,12-15,17-18H2. The summed E-state index contributed by atoms with van der Waals surface area (Å²) >= 11 is 0. The number of benzene rings is 3. The van der Waals surface area contributed by atoms with Crippen LogP contribution in [0.2, 0.25) is 0 Å². The van der Waals surface area contributed by atoms with Crippen molar-refractivity contribution in [2.45, 2.75) is 24.4 Å². The number of likely N-dealkylation sites (tertiary alicyclic amines) is 1. The SMILES string of the molecule is N#CC1(c2ccccc2)CCN(CC(O)COc2ccc(-c3noc4cc(F)ccc34)cc2)CC1. The molecule has 1 N–H and O–H groups in total. The summed E-state index contributed by atoms with van der Waals surface area (Å²) in [7, 11) is 0. The van der Waals surface area contributed by atoms with Crippen molar-refractivity contribution in [2.75, 3.05) is 26.2 Å². The van der Waals surface area contributed by atoms with E-state index in [1.165, 1.54) is 12.1 Å². The predicted octanol–water partition coefficient (Wildman–Crippen LogP) is 4.93. The average molecular weight is 472 g/mol. The van der Waals surface area contributed by atoms with E-state index in [2.05, 4.69) is 16.1 Å². The molecule has 1 saturated heterocycles. The lowest BCUT2D eigenvalue weighted by Crippen LogP contribution is -2.45. The molecule has 0 aliphatic carbocycles. The fraction of sp³-hybridized carbons (Fsp3) is 0.286. The molecule has 3 aromatic carbocycles. The summed E-state index contributed by atoms with van der Waals surface area (Å²) in [5.74, 6) is 0.269. The molecule has 0 radical (unpaired) electrons. The number of rotatable bonds is 7. The van der Waals surface area contributed by atoms with Crippen LogP contribution >= 0.6 is 0 Å². The molecule has 4 aromatic rings. The Labute approximate surface area is 203 Å². The first-order valence-electron chi connectivity index (χ1n) is 11.7. The van der Waals surface area contributed by atoms with E-state index in [0.29, 0.717) is 23.6 Å². The Hall–Kier alpha value is -3.73. The van der Waals surface area contributed by atoms with E-state index in [4.69, 9.17) is 9.26 Å². The third-order valence-corrected chi connectivity index (χ3v) is 6.72. The minimum absolute atomic E-state index is 0.171. The van der Waals surface area contributed by atoms with Gasteiger partial charge in [0.1, 0.15) is 30.0 Å². The van der Waals surface area contributed by atoms with Crippen LogP contribution in [-0.4, -0.2) is 47.5 Å². The van der Waals surface area contributed by atoms with E-state index < -0.39 is 11.5 Å². The van der Waals surface area contributed by atoms with Crippen molar-refractivity contribution in [1.82, 2.24) is 10.1 Å². The molecule has 6 nitrogen and oxygen atoms in total. The maximum atomic E-state index is 13.4. The Morgan fingerprint density at radius 1 is 1.09 bits per heavy atom. The fourth-order valence-corrected chi connectivity index (χ4v) is 4.71. The van der Waals surface area contributed by atoms with Crippen LogP contribution in [-0.2, 0) is 5.41 Å². The summed E-state index contributed by atoms with van der Waals surface area (Å²) in [4.78, 5) is 2.19. The van der Waals surface area contributed by atoms with Crippen LogP contribution in [0.25, 0.3) is 22.2 Å². The monoisotopic (exact) mass is 471 g/mol. The third kappa shape index (κ3) is 4.90. The number of hydrogen-bond donors (Lipinski definition) is 1. The van der Waals surface area contributed by atoms with E-state index in [1.54, 1.807) is 6.07 Å². The second-order valence-electron chi connectivity index (χ2n) is 9.02. The van der Waals surface area contributed by atoms with Crippen molar-refractivity contribution in [3.05, 3.63) is 84.2 Å². The number of nitriles is 1. The molecular formula is C28H26FN3O3. The first-order chi connectivity index (χ1) is 17.1. The molecule has 178 valence electrons. The van der Waals surface area contributed by atoms with Gasteiger partial charge in [-0.25, -0.2) is 4.39 Å². The topological polar surface area (TPSA) is 82.5 Å². The molecule has 1 unspecified atom stereocenters. The summed E-state index contributed by atoms with van der Waals surface area (Å²) in [6.07, 6.45) is 0.841. The number of fused-ring (bicyclic) bond motifs is 1. The molecule has 1 atom stereocenters. The van der Waals surface area contributed by atoms with Gasteiger partial charge in [-0.1, -0.05) is 35.5 Å². The number of β-amino-alcohol motifs (C(OH)–C–C–N with tert-alkyl or cyclic N) is 1. The quantitative estimate of drug-likeness (QED) is 0.412. The predicted molar refractivity (Wildman–Crippen MR) is 130 cm³/mol. The molecule has 1 fully saturated rings. The van der Waals surface area contributed by atoms with Crippen LogP contribution in [0.3, 0.4) is 0 Å². The number of ether oxygens (including phenoxy) is 1. The van der Waals surface area contributed by atoms with Gasteiger partial charge in [-0.15, -0.1) is 0 Å². The number of aromatic nitrogens is 1. The zero-order chi connectivity index (χ0) is 24.3. The van der Waals surface area contributed by atoms with Crippen molar-refractivity contribution >= 4 is 11.0 Å². The molecule has 1 aromatic heterocycles. The third-order valence-electron chi connectivity index (χ3n) is 6.72. The molecule has 1 aliphatic heterocycles. The summed E-state index contributed by atoms with van der Waals surface area (Å²) in [6, 6.07) is 24.2. The van der Waals surface area contributed by atoms with Crippen molar-refractivity contribution in [3.63, 3.8) is 0 Å². The van der Waals surface area contributed by atoms with Crippen molar-refractivity contribution in [2.24, 2.45) is 0 Å². The largest absolute Gasteiger partial charge is 0.491 e. The molecule has 0 bridgehead atoms. The second kappa shape index (κ2) is 9.87. The minimum atomic E-state index is -0.643. The number of nitrogens with zero attached hydrogens (tertiary/aromatic N) is 3. The molecule has 0 spiro atoms. The van der Waals surface area contributed by atoms with E-state index in [0.717, 1.165) is 42.4 Å². The Morgan fingerprint density at radius 3 is 2.54 bits per heavy atom. The highest BCUT2D eigenvalue weighted by Crippen LogP contribution is 2.35. The Balaban J connectivity index is 1.13. The number of halogens is 1. The van der Waals surface area contributed by atoms with Gasteiger partial charge in [0.25, 0.3) is 0 Å². The van der Waals surface area contributed by atoms with E-state index >= 15 is 0 Å². The van der Waals surface area contributed by atoms with E-state index in [-0.39, 0.29) is 12.4 Å². The van der Waals surface area contributed by atoms with Crippen LogP contribution in [0, 0.1) is 17.1 Å². The molecule has 0 amide bonds. The van der Waals surface area contributed by atoms with Gasteiger partial charge < -0.3 is 19.3 Å². The van der Waals surface area contributed by atoms with Crippen LogP contribution in [0.4, 0.5) is 4.39 Å². The van der Waals surface area contributed by atoms with Crippen molar-refractivity contribution in [3.8, 4) is 23.1 Å². The van der Waals surface area contributed by atoms with Gasteiger partial charge in [-0.2, -0.15) is 5.26 Å². The lowest BCUT2D eigenvalue weighted by molar-refractivity contribution is 0.0553. The van der Waals surface area contributed by atoms with Crippen LogP contribution < -0.4 is 4.74 Å². The van der Waals surface area contributed by atoms with Gasteiger partial charge in [0.05, 0.1) is 11.5 Å². The number of piperidine rings is 1. The summed E-state index contributed by atoms with van der Waals surface area (Å²) < 4.78 is 24.4. The number of aliphatic hydroxyl groups is 1. The van der Waals surface area contributed by atoms with Gasteiger partial charge in [0.2, 0.25) is 0 Å². The average Bonchev–Trinajstić information content (AvgIpc) is 3.32. The minimum Gasteiger partial charge on any atom is -0.491 e. The van der Waals surface area contributed by atoms with Gasteiger partial charge in [-0.3, -0.25) is 0 Å². The van der Waals surface area contributed by atoms with E-state index in [1.807, 2.05) is 54.6 Å². The number of aliphatic hydroxyl groups excluding tert-OH is 1. The Morgan fingerprint density at radius 2 is 1.83 bits per heavy atom. The molecule has 7 heteroatoms. The Kier molecular flexibility index (Phi) is 6.49. The first kappa shape index (κ1) is 23.0. The Bertz CT molecular complexity index is 1320. The van der Waals surface area contributed by atoms with Gasteiger partial charge >= 0.3 is 0 Å². The molecule has 2 heterocycles.